The number of hydrogen-bond donors (Lipinski definition) is 2. The predicted molar refractivity (Wildman–Crippen MR) is 120 cm³/mol. The number of rotatable bonds is 4. The highest BCUT2D eigenvalue weighted by Crippen LogP contribution is 2.37. The third-order valence-electron chi connectivity index (χ3n) is 6.43. The van der Waals surface area contributed by atoms with Crippen LogP contribution in [0, 0.1) is 6.92 Å². The predicted octanol–water partition coefficient (Wildman–Crippen LogP) is 3.03. The van der Waals surface area contributed by atoms with Gasteiger partial charge in [0, 0.05) is 22.3 Å². The number of aromatic nitrogens is 1. The van der Waals surface area contributed by atoms with Crippen LogP contribution in [0.1, 0.15) is 41.3 Å². The van der Waals surface area contributed by atoms with Crippen LogP contribution in [0.2, 0.25) is 5.02 Å². The second kappa shape index (κ2) is 7.89. The van der Waals surface area contributed by atoms with Gasteiger partial charge in [0.25, 0.3) is 5.91 Å². The summed E-state index contributed by atoms with van der Waals surface area (Å²) in [5, 5.41) is 6.22. The molecule has 0 saturated carbocycles. The Labute approximate surface area is 181 Å². The number of nitrogens with zero attached hydrogens (tertiary/aromatic N) is 2. The van der Waals surface area contributed by atoms with Gasteiger partial charge in [0.05, 0.1) is 25.0 Å². The first-order valence-corrected chi connectivity index (χ1v) is 11.0. The number of nitrogens with one attached hydrogen (secondary N) is 2. The van der Waals surface area contributed by atoms with Crippen LogP contribution in [-0.4, -0.2) is 29.8 Å². The number of hydrogen-bond acceptors (Lipinski definition) is 2. The van der Waals surface area contributed by atoms with E-state index >= 15 is 0 Å². The van der Waals surface area contributed by atoms with E-state index in [1.165, 1.54) is 39.0 Å². The molecule has 0 radical (unpaired) electrons. The van der Waals surface area contributed by atoms with Crippen LogP contribution in [0.5, 0.6) is 0 Å². The summed E-state index contributed by atoms with van der Waals surface area (Å²) in [4.78, 5) is 13.9. The fraction of sp³-hybridized carbons (Fsp3) is 0.333. The van der Waals surface area contributed by atoms with E-state index < -0.39 is 0 Å². The van der Waals surface area contributed by atoms with Crippen molar-refractivity contribution >= 4 is 34.6 Å². The number of halogens is 1. The molecule has 1 aliphatic heterocycles. The van der Waals surface area contributed by atoms with Crippen molar-refractivity contribution in [3.05, 3.63) is 69.9 Å². The fourth-order valence-corrected chi connectivity index (χ4v) is 5.22. The lowest BCUT2D eigenvalue weighted by Crippen LogP contribution is -3.14. The van der Waals surface area contributed by atoms with Crippen LogP contribution in [0.15, 0.2) is 47.6 Å². The molecule has 30 heavy (non-hydrogen) atoms. The minimum atomic E-state index is -0.0391. The van der Waals surface area contributed by atoms with Crippen LogP contribution >= 0.6 is 11.6 Å². The topological polar surface area (TPSA) is 50.8 Å². The monoisotopic (exact) mass is 421 g/mol. The number of carbonyl (C=O) groups is 1. The fourth-order valence-electron chi connectivity index (χ4n) is 5.09. The van der Waals surface area contributed by atoms with Gasteiger partial charge in [-0.2, -0.15) is 5.10 Å². The van der Waals surface area contributed by atoms with Crippen molar-refractivity contribution in [2.45, 2.75) is 38.8 Å². The van der Waals surface area contributed by atoms with Gasteiger partial charge in [-0.15, -0.1) is 0 Å². The van der Waals surface area contributed by atoms with Crippen LogP contribution < -0.4 is 10.3 Å². The Morgan fingerprint density at radius 2 is 2.13 bits per heavy atom. The molecular formula is C24H26ClN4O+. The van der Waals surface area contributed by atoms with Crippen molar-refractivity contribution in [2.75, 3.05) is 13.1 Å². The molecule has 1 unspecified atom stereocenters. The van der Waals surface area contributed by atoms with E-state index in [4.69, 9.17) is 11.6 Å². The molecule has 5 rings (SSSR count). The van der Waals surface area contributed by atoms with Crippen LogP contribution in [0.3, 0.4) is 0 Å². The Hall–Kier alpha value is -2.63. The number of carbonyl (C=O) groups excluding carboxylic acids is 1. The van der Waals surface area contributed by atoms with Crippen molar-refractivity contribution < 1.29 is 9.69 Å². The smallest absolute Gasteiger partial charge is 0.295 e. The highest BCUT2D eigenvalue weighted by molar-refractivity contribution is 6.30. The molecule has 5 nitrogen and oxygen atoms in total. The maximum atomic E-state index is 12.6. The van der Waals surface area contributed by atoms with E-state index in [9.17, 15) is 4.79 Å². The van der Waals surface area contributed by atoms with Crippen LogP contribution in [0.25, 0.3) is 10.9 Å². The van der Waals surface area contributed by atoms with Gasteiger partial charge in [-0.25, -0.2) is 5.43 Å². The van der Waals surface area contributed by atoms with Gasteiger partial charge in [-0.1, -0.05) is 35.4 Å². The van der Waals surface area contributed by atoms with E-state index in [0.717, 1.165) is 31.5 Å². The number of benzene rings is 2. The Bertz CT molecular complexity index is 1130. The van der Waals surface area contributed by atoms with Crippen LogP contribution in [-0.2, 0) is 17.8 Å². The van der Waals surface area contributed by atoms with Crippen molar-refractivity contribution in [1.29, 1.82) is 0 Å². The van der Waals surface area contributed by atoms with Crippen molar-refractivity contribution in [3.63, 3.8) is 0 Å². The van der Waals surface area contributed by atoms with Crippen LogP contribution in [0.4, 0.5) is 0 Å². The summed E-state index contributed by atoms with van der Waals surface area (Å²) in [5.41, 5.74) is 9.23. The third-order valence-corrected chi connectivity index (χ3v) is 6.68. The molecule has 0 bridgehead atoms. The van der Waals surface area contributed by atoms with Gasteiger partial charge in [-0.3, -0.25) is 4.79 Å². The molecule has 2 N–H and O–H groups in total. The van der Waals surface area contributed by atoms with E-state index in [1.54, 1.807) is 6.21 Å². The molecule has 2 aromatic carbocycles. The first kappa shape index (κ1) is 19.3. The molecule has 3 aromatic rings. The Morgan fingerprint density at radius 1 is 1.30 bits per heavy atom. The number of amides is 1. The number of quaternary nitrogens is 1. The molecule has 154 valence electrons. The molecule has 2 aliphatic rings. The van der Waals surface area contributed by atoms with E-state index in [1.807, 2.05) is 24.3 Å². The number of aryl methyl sites for hydroxylation is 2. The van der Waals surface area contributed by atoms with E-state index in [-0.39, 0.29) is 5.91 Å². The van der Waals surface area contributed by atoms with Gasteiger partial charge >= 0.3 is 0 Å². The largest absolute Gasteiger partial charge is 0.334 e. The molecule has 0 spiro atoms. The third kappa shape index (κ3) is 3.53. The summed E-state index contributed by atoms with van der Waals surface area (Å²) >= 11 is 5.90. The number of hydrazone groups is 1. The quantitative estimate of drug-likeness (QED) is 0.493. The maximum absolute atomic E-state index is 12.6. The number of fused-ring (bicyclic) bond motifs is 3. The van der Waals surface area contributed by atoms with Gasteiger partial charge in [0.2, 0.25) is 0 Å². The van der Waals surface area contributed by atoms with E-state index in [0.29, 0.717) is 17.6 Å². The lowest BCUT2D eigenvalue weighted by atomic mass is 9.89. The van der Waals surface area contributed by atoms with Gasteiger partial charge in [0.15, 0.2) is 6.54 Å². The van der Waals surface area contributed by atoms with Crippen molar-refractivity contribution in [1.82, 2.24) is 9.99 Å². The second-order valence-corrected chi connectivity index (χ2v) is 8.85. The second-order valence-electron chi connectivity index (χ2n) is 8.41. The summed E-state index contributed by atoms with van der Waals surface area (Å²) in [7, 11) is 0. The van der Waals surface area contributed by atoms with Crippen molar-refractivity contribution in [2.24, 2.45) is 5.10 Å². The lowest BCUT2D eigenvalue weighted by Gasteiger charge is -2.36. The van der Waals surface area contributed by atoms with E-state index in [2.05, 4.69) is 40.2 Å². The average molecular weight is 422 g/mol. The molecular weight excluding hydrogens is 396 g/mol. The summed E-state index contributed by atoms with van der Waals surface area (Å²) in [6.45, 7) is 4.53. The summed E-state index contributed by atoms with van der Waals surface area (Å²) in [6.07, 6.45) is 5.12. The molecule has 1 aromatic heterocycles. The standard InChI is InChI=1S/C24H25ClN4O/c1-16-5-10-21-20(13-16)19-3-2-4-22-24(19)29(21)12-11-28(22)15-23(30)27-26-14-17-6-8-18(25)9-7-17/h5-10,13-14,22H,2-4,11-12,15H2,1H3,(H,27,30)/p+1/t22-/m0/s1. The highest BCUT2D eigenvalue weighted by atomic mass is 35.5. The molecule has 0 fully saturated rings. The molecule has 2 atom stereocenters. The summed E-state index contributed by atoms with van der Waals surface area (Å²) < 4.78 is 2.51. The average Bonchev–Trinajstić information content (AvgIpc) is 3.06. The zero-order valence-corrected chi connectivity index (χ0v) is 17.9. The minimum absolute atomic E-state index is 0.0391. The maximum Gasteiger partial charge on any atom is 0.295 e. The molecule has 1 amide bonds. The van der Waals surface area contributed by atoms with Gasteiger partial charge in [-0.05, 0) is 55.2 Å². The summed E-state index contributed by atoms with van der Waals surface area (Å²) in [5.74, 6) is -0.0391. The first-order chi connectivity index (χ1) is 14.6. The zero-order chi connectivity index (χ0) is 20.7. The molecule has 2 heterocycles. The summed E-state index contributed by atoms with van der Waals surface area (Å²) in [6, 6.07) is 14.6. The normalized spacial score (nSPS) is 20.5. The minimum Gasteiger partial charge on any atom is -0.334 e. The molecule has 6 heteroatoms. The lowest BCUT2D eigenvalue weighted by molar-refractivity contribution is -0.929. The Kier molecular flexibility index (Phi) is 5.09. The van der Waals surface area contributed by atoms with Gasteiger partial charge in [0.1, 0.15) is 6.04 Å². The SMILES string of the molecule is Cc1ccc2c(c1)c1c3n2CC[NH+](CC(=O)NN=Cc2ccc(Cl)cc2)[C@H]3CCC1. The molecule has 0 saturated heterocycles. The van der Waals surface area contributed by atoms with Crippen molar-refractivity contribution in [3.8, 4) is 0 Å². The Balaban J connectivity index is 1.32. The van der Waals surface area contributed by atoms with Gasteiger partial charge < -0.3 is 9.47 Å². The molecule has 1 aliphatic carbocycles. The zero-order valence-electron chi connectivity index (χ0n) is 17.1. The highest BCUT2D eigenvalue weighted by Gasteiger charge is 2.38. The first-order valence-electron chi connectivity index (χ1n) is 10.6. The Morgan fingerprint density at radius 3 is 2.97 bits per heavy atom.